The number of alkyl halides is 2. The van der Waals surface area contributed by atoms with Crippen molar-refractivity contribution in [3.8, 4) is 5.69 Å². The van der Waals surface area contributed by atoms with E-state index in [9.17, 15) is 22.3 Å². The van der Waals surface area contributed by atoms with Gasteiger partial charge < -0.3 is 15.3 Å². The fourth-order valence-corrected chi connectivity index (χ4v) is 5.69. The van der Waals surface area contributed by atoms with E-state index in [0.717, 1.165) is 0 Å². The van der Waals surface area contributed by atoms with Crippen molar-refractivity contribution in [2.75, 3.05) is 29.6 Å². The summed E-state index contributed by atoms with van der Waals surface area (Å²) in [6, 6.07) is 5.86. The van der Waals surface area contributed by atoms with Gasteiger partial charge in [0.25, 0.3) is 6.43 Å². The first kappa shape index (κ1) is 22.9. The third-order valence-electron chi connectivity index (χ3n) is 6.56. The number of fused-ring (bicyclic) bond motifs is 1. The van der Waals surface area contributed by atoms with Gasteiger partial charge in [0.05, 0.1) is 28.1 Å². The Morgan fingerprint density at radius 1 is 1.26 bits per heavy atom. The van der Waals surface area contributed by atoms with Crippen LogP contribution in [0.1, 0.15) is 38.2 Å². The monoisotopic (exact) mass is 492 g/mol. The third kappa shape index (κ3) is 4.31. The summed E-state index contributed by atoms with van der Waals surface area (Å²) in [5.41, 5.74) is -0.101. The van der Waals surface area contributed by atoms with E-state index in [2.05, 4.69) is 20.4 Å². The zero-order valence-corrected chi connectivity index (χ0v) is 19.6. The van der Waals surface area contributed by atoms with Crippen molar-refractivity contribution >= 4 is 32.6 Å². The zero-order chi connectivity index (χ0) is 24.3. The van der Waals surface area contributed by atoms with Gasteiger partial charge in [-0.05, 0) is 38.3 Å². The molecular weight excluding hydrogens is 466 g/mol. The van der Waals surface area contributed by atoms with Crippen LogP contribution in [0.5, 0.6) is 0 Å². The van der Waals surface area contributed by atoms with Crippen molar-refractivity contribution in [2.45, 2.75) is 49.5 Å². The molecule has 9 nitrogen and oxygen atoms in total. The Morgan fingerprint density at radius 3 is 2.68 bits per heavy atom. The summed E-state index contributed by atoms with van der Waals surface area (Å²) in [4.78, 5) is 11.3. The van der Waals surface area contributed by atoms with Gasteiger partial charge in [0.1, 0.15) is 15.7 Å². The highest BCUT2D eigenvalue weighted by Crippen LogP contribution is 2.34. The molecule has 34 heavy (non-hydrogen) atoms. The lowest BCUT2D eigenvalue weighted by Gasteiger charge is -2.34. The van der Waals surface area contributed by atoms with E-state index >= 15 is 0 Å². The predicted molar refractivity (Wildman–Crippen MR) is 124 cm³/mol. The van der Waals surface area contributed by atoms with E-state index in [4.69, 9.17) is 0 Å². The predicted octanol–water partition coefficient (Wildman–Crippen LogP) is 2.70. The molecule has 0 radical (unpaired) electrons. The minimum absolute atomic E-state index is 0.0924. The van der Waals surface area contributed by atoms with Crippen molar-refractivity contribution in [2.24, 2.45) is 0 Å². The summed E-state index contributed by atoms with van der Waals surface area (Å²) in [5.74, 6) is 0.887. The van der Waals surface area contributed by atoms with Crippen LogP contribution in [0.25, 0.3) is 16.7 Å². The maximum atomic E-state index is 13.3. The number of rotatable bonds is 6. The van der Waals surface area contributed by atoms with Crippen LogP contribution >= 0.6 is 0 Å². The summed E-state index contributed by atoms with van der Waals surface area (Å²) < 4.78 is 51.6. The molecule has 1 aliphatic heterocycles. The van der Waals surface area contributed by atoms with E-state index in [1.165, 1.54) is 23.1 Å². The lowest BCUT2D eigenvalue weighted by atomic mass is 9.92. The van der Waals surface area contributed by atoms with Gasteiger partial charge in [-0.2, -0.15) is 15.1 Å². The van der Waals surface area contributed by atoms with Crippen LogP contribution in [0.3, 0.4) is 0 Å². The number of nitrogens with one attached hydrogen (secondary N) is 1. The number of benzene rings is 1. The standard InChI is InChI=1S/C22H26F2N6O3S/c1-22(31)6-7-29(12-22)19-17-11-25-30(15-5-3-4-13(8-15)18(23)24)20(17)28-21(27-19)26-14-9-16(10-14)34(2,32)33/h3-5,8,11,14,16,18,31H,6-7,9-10,12H2,1-2H3,(H,26,27,28)/t14-,16-,22-/m1/s1. The van der Waals surface area contributed by atoms with Crippen molar-refractivity contribution in [3.05, 3.63) is 36.0 Å². The number of halogens is 2. The molecule has 182 valence electrons. The molecular formula is C22H26F2N6O3S. The molecule has 0 spiro atoms. The number of aromatic nitrogens is 4. The number of β-amino-alcohol motifs (C(OH)–C–C–N with tert-alkyl or cyclic N) is 1. The molecule has 5 rings (SSSR count). The average molecular weight is 493 g/mol. The van der Waals surface area contributed by atoms with Crippen LogP contribution in [0, 0.1) is 0 Å². The first-order valence-electron chi connectivity index (χ1n) is 11.1. The summed E-state index contributed by atoms with van der Waals surface area (Å²) in [6.07, 6.45) is 1.72. The average Bonchev–Trinajstić information content (AvgIpc) is 3.32. The second kappa shape index (κ2) is 8.12. The van der Waals surface area contributed by atoms with Gasteiger partial charge in [-0.3, -0.25) is 0 Å². The minimum atomic E-state index is -3.10. The molecule has 0 unspecified atom stereocenters. The number of hydrogen-bond donors (Lipinski definition) is 2. The fraction of sp³-hybridized carbons (Fsp3) is 0.500. The Hall–Kier alpha value is -2.86. The number of nitrogens with zero attached hydrogens (tertiary/aromatic N) is 5. The highest BCUT2D eigenvalue weighted by Gasteiger charge is 2.37. The van der Waals surface area contributed by atoms with Gasteiger partial charge in [0.2, 0.25) is 5.95 Å². The number of aliphatic hydroxyl groups is 1. The van der Waals surface area contributed by atoms with Gasteiger partial charge >= 0.3 is 0 Å². The molecule has 1 atom stereocenters. The van der Waals surface area contributed by atoms with Gasteiger partial charge in [-0.25, -0.2) is 21.9 Å². The Bertz CT molecular complexity index is 1340. The van der Waals surface area contributed by atoms with Gasteiger partial charge in [-0.15, -0.1) is 0 Å². The summed E-state index contributed by atoms with van der Waals surface area (Å²) >= 11 is 0. The Balaban J connectivity index is 1.55. The second-order valence-corrected chi connectivity index (χ2v) is 11.8. The lowest BCUT2D eigenvalue weighted by Crippen LogP contribution is -2.43. The Morgan fingerprint density at radius 2 is 2.03 bits per heavy atom. The SMILES string of the molecule is C[C@@]1(O)CCN(c2nc(N[C@H]3C[C@H](S(C)(=O)=O)C3)nc3c2cnn3-c2cccc(C(F)F)c2)C1. The van der Waals surface area contributed by atoms with Gasteiger partial charge in [0, 0.05) is 31.0 Å². The quantitative estimate of drug-likeness (QED) is 0.540. The number of anilines is 2. The molecule has 2 aromatic heterocycles. The van der Waals surface area contributed by atoms with Crippen LogP contribution in [-0.4, -0.2) is 69.5 Å². The summed E-state index contributed by atoms with van der Waals surface area (Å²) in [5, 5.41) is 18.4. The largest absolute Gasteiger partial charge is 0.388 e. The normalized spacial score (nSPS) is 25.2. The summed E-state index contributed by atoms with van der Waals surface area (Å²) in [7, 11) is -3.10. The maximum absolute atomic E-state index is 13.3. The molecule has 0 amide bonds. The molecule has 2 aliphatic rings. The Kier molecular flexibility index (Phi) is 5.47. The molecule has 12 heteroatoms. The smallest absolute Gasteiger partial charge is 0.263 e. The second-order valence-electron chi connectivity index (χ2n) is 9.49. The van der Waals surface area contributed by atoms with E-state index in [0.29, 0.717) is 60.8 Å². The highest BCUT2D eigenvalue weighted by molar-refractivity contribution is 7.91. The van der Waals surface area contributed by atoms with Crippen LogP contribution in [-0.2, 0) is 9.84 Å². The van der Waals surface area contributed by atoms with E-state index in [1.54, 1.807) is 25.3 Å². The highest BCUT2D eigenvalue weighted by atomic mass is 32.2. The fourth-order valence-electron chi connectivity index (χ4n) is 4.52. The topological polar surface area (TPSA) is 113 Å². The van der Waals surface area contributed by atoms with Crippen molar-refractivity contribution in [1.29, 1.82) is 0 Å². The third-order valence-corrected chi connectivity index (χ3v) is 8.16. The van der Waals surface area contributed by atoms with Crippen LogP contribution in [0.2, 0.25) is 0 Å². The molecule has 1 aromatic carbocycles. The molecule has 1 saturated heterocycles. The zero-order valence-electron chi connectivity index (χ0n) is 18.8. The first-order chi connectivity index (χ1) is 16.0. The molecule has 2 fully saturated rings. The molecule has 0 bridgehead atoms. The van der Waals surface area contributed by atoms with Crippen LogP contribution < -0.4 is 10.2 Å². The van der Waals surface area contributed by atoms with Crippen molar-refractivity contribution in [3.63, 3.8) is 0 Å². The molecule has 1 saturated carbocycles. The van der Waals surface area contributed by atoms with Crippen molar-refractivity contribution < 1.29 is 22.3 Å². The van der Waals surface area contributed by atoms with Crippen molar-refractivity contribution in [1.82, 2.24) is 19.7 Å². The lowest BCUT2D eigenvalue weighted by molar-refractivity contribution is 0.0839. The first-order valence-corrected chi connectivity index (χ1v) is 13.0. The maximum Gasteiger partial charge on any atom is 0.263 e. The van der Waals surface area contributed by atoms with Crippen LogP contribution in [0.4, 0.5) is 20.5 Å². The van der Waals surface area contributed by atoms with E-state index in [-0.39, 0.29) is 16.9 Å². The molecule has 3 aromatic rings. The number of hydrogen-bond acceptors (Lipinski definition) is 8. The van der Waals surface area contributed by atoms with Gasteiger partial charge in [0.15, 0.2) is 5.65 Å². The van der Waals surface area contributed by atoms with E-state index in [1.807, 2.05) is 4.90 Å². The Labute approximate surface area is 195 Å². The van der Waals surface area contributed by atoms with Crippen LogP contribution in [0.15, 0.2) is 30.5 Å². The summed E-state index contributed by atoms with van der Waals surface area (Å²) in [6.45, 7) is 2.73. The minimum Gasteiger partial charge on any atom is -0.388 e. The van der Waals surface area contributed by atoms with E-state index < -0.39 is 21.9 Å². The molecule has 2 N–H and O–H groups in total. The van der Waals surface area contributed by atoms with Gasteiger partial charge in [-0.1, -0.05) is 12.1 Å². The molecule has 1 aliphatic carbocycles. The number of sulfone groups is 1. The molecule has 3 heterocycles.